The Balaban J connectivity index is 1.53. The second kappa shape index (κ2) is 8.22. The van der Waals surface area contributed by atoms with E-state index in [0.717, 1.165) is 18.7 Å². The zero-order valence-corrected chi connectivity index (χ0v) is 14.8. The van der Waals surface area contributed by atoms with Crippen molar-refractivity contribution < 1.29 is 9.53 Å². The number of carbonyl (C=O) groups excluding carboxylic acids is 1. The highest BCUT2D eigenvalue weighted by molar-refractivity contribution is 5.78. The molecule has 25 heavy (non-hydrogen) atoms. The van der Waals surface area contributed by atoms with Crippen molar-refractivity contribution in [3.8, 4) is 0 Å². The number of carbonyl (C=O) groups is 1. The van der Waals surface area contributed by atoms with Crippen LogP contribution in [0, 0.1) is 0 Å². The van der Waals surface area contributed by atoms with Crippen LogP contribution in [0.15, 0.2) is 43.0 Å². The van der Waals surface area contributed by atoms with Gasteiger partial charge in [0.15, 0.2) is 0 Å². The first-order valence-corrected chi connectivity index (χ1v) is 8.60. The van der Waals surface area contributed by atoms with Gasteiger partial charge in [-0.2, -0.15) is 5.10 Å². The molecule has 0 aliphatic carbocycles. The van der Waals surface area contributed by atoms with E-state index in [2.05, 4.69) is 34.0 Å². The van der Waals surface area contributed by atoms with E-state index < -0.39 is 0 Å². The normalized spacial score (nSPS) is 19.5. The molecule has 0 radical (unpaired) electrons. The lowest BCUT2D eigenvalue weighted by atomic mass is 10.1. The topological polar surface area (TPSA) is 63.5 Å². The molecular weight excluding hydrogens is 318 g/mol. The molecule has 1 amide bonds. The number of ether oxygens (including phenoxy) is 1. The molecule has 2 aromatic rings. The smallest absolute Gasteiger partial charge is 0.236 e. The minimum atomic E-state index is 0.0279. The number of amides is 1. The summed E-state index contributed by atoms with van der Waals surface area (Å²) in [5.41, 5.74) is 1.14. The van der Waals surface area contributed by atoms with E-state index in [4.69, 9.17) is 4.74 Å². The molecule has 0 N–H and O–H groups in total. The Hall–Kier alpha value is -2.25. The van der Waals surface area contributed by atoms with Gasteiger partial charge < -0.3 is 9.64 Å². The minimum Gasteiger partial charge on any atom is -0.374 e. The summed E-state index contributed by atoms with van der Waals surface area (Å²) in [5.74, 6) is 0.123. The molecule has 1 fully saturated rings. The van der Waals surface area contributed by atoms with Gasteiger partial charge in [0.25, 0.3) is 0 Å². The predicted octanol–water partition coefficient (Wildman–Crippen LogP) is 1.20. The summed E-state index contributed by atoms with van der Waals surface area (Å²) in [6.45, 7) is 5.24. The summed E-state index contributed by atoms with van der Waals surface area (Å²) in [7, 11) is 1.87. The molecule has 1 saturated heterocycles. The number of benzene rings is 1. The van der Waals surface area contributed by atoms with Crippen LogP contribution in [0.4, 0.5) is 0 Å². The van der Waals surface area contributed by atoms with Crippen LogP contribution in [0.5, 0.6) is 0 Å². The Morgan fingerprint density at radius 3 is 2.92 bits per heavy atom. The fourth-order valence-corrected chi connectivity index (χ4v) is 3.04. The fourth-order valence-electron chi connectivity index (χ4n) is 3.04. The SMILES string of the molecule is C[C@H](c1ccccc1)N(C)C(=O)CN1CCO[C@H](Cn2cncn2)C1. The van der Waals surface area contributed by atoms with Crippen molar-refractivity contribution in [2.45, 2.75) is 25.6 Å². The maximum Gasteiger partial charge on any atom is 0.236 e. The maximum absolute atomic E-state index is 12.7. The van der Waals surface area contributed by atoms with Gasteiger partial charge in [-0.05, 0) is 12.5 Å². The molecule has 1 aliphatic rings. The van der Waals surface area contributed by atoms with Gasteiger partial charge in [0.05, 0.1) is 31.8 Å². The molecule has 0 unspecified atom stereocenters. The van der Waals surface area contributed by atoms with Gasteiger partial charge in [0.2, 0.25) is 5.91 Å². The van der Waals surface area contributed by atoms with E-state index >= 15 is 0 Å². The molecular formula is C18H25N5O2. The van der Waals surface area contributed by atoms with E-state index in [1.807, 2.05) is 30.1 Å². The van der Waals surface area contributed by atoms with Crippen molar-refractivity contribution in [3.05, 3.63) is 48.5 Å². The summed E-state index contributed by atoms with van der Waals surface area (Å²) < 4.78 is 7.55. The van der Waals surface area contributed by atoms with Crippen molar-refractivity contribution >= 4 is 5.91 Å². The molecule has 1 aromatic heterocycles. The van der Waals surface area contributed by atoms with E-state index in [1.165, 1.54) is 6.33 Å². The molecule has 134 valence electrons. The molecule has 2 atom stereocenters. The lowest BCUT2D eigenvalue weighted by molar-refractivity contribution is -0.135. The highest BCUT2D eigenvalue weighted by atomic mass is 16.5. The van der Waals surface area contributed by atoms with E-state index in [0.29, 0.717) is 19.7 Å². The van der Waals surface area contributed by atoms with Crippen molar-refractivity contribution in [1.29, 1.82) is 0 Å². The number of rotatable bonds is 6. The predicted molar refractivity (Wildman–Crippen MR) is 93.8 cm³/mol. The summed E-state index contributed by atoms with van der Waals surface area (Å²) in [5, 5.41) is 4.11. The summed E-state index contributed by atoms with van der Waals surface area (Å²) >= 11 is 0. The van der Waals surface area contributed by atoms with Crippen LogP contribution in [0.25, 0.3) is 0 Å². The Bertz CT molecular complexity index is 661. The third-order valence-corrected chi connectivity index (χ3v) is 4.70. The molecule has 0 bridgehead atoms. The first-order chi connectivity index (χ1) is 12.1. The van der Waals surface area contributed by atoms with Crippen LogP contribution in [-0.2, 0) is 16.1 Å². The Morgan fingerprint density at radius 1 is 1.40 bits per heavy atom. The van der Waals surface area contributed by atoms with Gasteiger partial charge in [0, 0.05) is 20.1 Å². The average Bonchev–Trinajstić information content (AvgIpc) is 3.14. The Labute approximate surface area is 148 Å². The Kier molecular flexibility index (Phi) is 5.78. The largest absolute Gasteiger partial charge is 0.374 e. The lowest BCUT2D eigenvalue weighted by Gasteiger charge is -2.34. The van der Waals surface area contributed by atoms with Crippen molar-refractivity contribution in [3.63, 3.8) is 0 Å². The molecule has 7 heteroatoms. The van der Waals surface area contributed by atoms with E-state index in [-0.39, 0.29) is 18.1 Å². The third kappa shape index (κ3) is 4.64. The lowest BCUT2D eigenvalue weighted by Crippen LogP contribution is -2.48. The number of aromatic nitrogens is 3. The van der Waals surface area contributed by atoms with Gasteiger partial charge in [0.1, 0.15) is 12.7 Å². The molecule has 2 heterocycles. The standard InChI is InChI=1S/C18H25N5O2/c1-15(16-6-4-3-5-7-16)21(2)18(24)12-22-8-9-25-17(10-22)11-23-14-19-13-20-23/h3-7,13-15,17H,8-12H2,1-2H3/t15-,17+/m1/s1. The second-order valence-electron chi connectivity index (χ2n) is 6.44. The molecule has 0 spiro atoms. The Morgan fingerprint density at radius 2 is 2.20 bits per heavy atom. The van der Waals surface area contributed by atoms with Crippen molar-refractivity contribution in [1.82, 2.24) is 24.6 Å². The minimum absolute atomic E-state index is 0.0279. The van der Waals surface area contributed by atoms with Gasteiger partial charge in [-0.3, -0.25) is 14.4 Å². The summed E-state index contributed by atoms with van der Waals surface area (Å²) in [4.78, 5) is 20.6. The molecule has 1 aromatic carbocycles. The van der Waals surface area contributed by atoms with Crippen molar-refractivity contribution in [2.75, 3.05) is 33.3 Å². The zero-order valence-electron chi connectivity index (χ0n) is 14.8. The van der Waals surface area contributed by atoms with Gasteiger partial charge in [-0.1, -0.05) is 30.3 Å². The van der Waals surface area contributed by atoms with Gasteiger partial charge in [-0.15, -0.1) is 0 Å². The van der Waals surface area contributed by atoms with Crippen LogP contribution in [-0.4, -0.2) is 69.9 Å². The maximum atomic E-state index is 12.7. The quantitative estimate of drug-likeness (QED) is 0.789. The number of hydrogen-bond acceptors (Lipinski definition) is 5. The zero-order chi connectivity index (χ0) is 17.6. The van der Waals surface area contributed by atoms with Crippen LogP contribution >= 0.6 is 0 Å². The number of morpholine rings is 1. The number of likely N-dealkylation sites (N-methyl/N-ethyl adjacent to an activating group) is 1. The van der Waals surface area contributed by atoms with Crippen molar-refractivity contribution in [2.24, 2.45) is 0 Å². The van der Waals surface area contributed by atoms with E-state index in [1.54, 1.807) is 11.0 Å². The number of hydrogen-bond donors (Lipinski definition) is 0. The molecule has 7 nitrogen and oxygen atoms in total. The highest BCUT2D eigenvalue weighted by Gasteiger charge is 2.25. The molecule has 1 aliphatic heterocycles. The summed E-state index contributed by atoms with van der Waals surface area (Å²) in [6.07, 6.45) is 3.23. The fraction of sp³-hybridized carbons (Fsp3) is 0.500. The second-order valence-corrected chi connectivity index (χ2v) is 6.44. The molecule has 3 rings (SSSR count). The first-order valence-electron chi connectivity index (χ1n) is 8.60. The highest BCUT2D eigenvalue weighted by Crippen LogP contribution is 2.18. The third-order valence-electron chi connectivity index (χ3n) is 4.70. The first kappa shape index (κ1) is 17.6. The average molecular weight is 343 g/mol. The summed E-state index contributed by atoms with van der Waals surface area (Å²) in [6, 6.07) is 10.2. The van der Waals surface area contributed by atoms with Crippen LogP contribution in [0.3, 0.4) is 0 Å². The number of nitrogens with zero attached hydrogens (tertiary/aromatic N) is 5. The van der Waals surface area contributed by atoms with Crippen LogP contribution < -0.4 is 0 Å². The van der Waals surface area contributed by atoms with E-state index in [9.17, 15) is 4.79 Å². The monoisotopic (exact) mass is 343 g/mol. The van der Waals surface area contributed by atoms with Crippen LogP contribution in [0.2, 0.25) is 0 Å². The molecule has 0 saturated carbocycles. The van der Waals surface area contributed by atoms with Gasteiger partial charge >= 0.3 is 0 Å². The van der Waals surface area contributed by atoms with Crippen LogP contribution in [0.1, 0.15) is 18.5 Å². The van der Waals surface area contributed by atoms with Gasteiger partial charge in [-0.25, -0.2) is 4.98 Å².